The Morgan fingerprint density at radius 2 is 2.40 bits per heavy atom. The molecule has 1 aromatic heterocycles. The van der Waals surface area contributed by atoms with E-state index in [-0.39, 0.29) is 0 Å². The SMILES string of the molecule is CN=C(N)c1ccn(C)c1. The molecule has 0 bridgehead atoms. The van der Waals surface area contributed by atoms with Crippen LogP contribution < -0.4 is 5.73 Å². The molecule has 3 heteroatoms. The molecule has 3 nitrogen and oxygen atoms in total. The van der Waals surface area contributed by atoms with Crippen molar-refractivity contribution < 1.29 is 0 Å². The molecule has 0 radical (unpaired) electrons. The van der Waals surface area contributed by atoms with Gasteiger partial charge in [0.15, 0.2) is 0 Å². The molecule has 1 heterocycles. The van der Waals surface area contributed by atoms with Crippen molar-refractivity contribution in [2.24, 2.45) is 17.8 Å². The molecule has 0 aliphatic heterocycles. The number of amidine groups is 1. The standard InChI is InChI=1S/C7H11N3/c1-9-7(8)6-3-4-10(2)5-6/h3-5H,1-2H3,(H2,8,9). The molecule has 0 aliphatic rings. The second-order valence-corrected chi connectivity index (χ2v) is 2.17. The van der Waals surface area contributed by atoms with Crippen molar-refractivity contribution in [1.29, 1.82) is 0 Å². The maximum absolute atomic E-state index is 5.54. The van der Waals surface area contributed by atoms with Gasteiger partial charge >= 0.3 is 0 Å². The fraction of sp³-hybridized carbons (Fsp3) is 0.286. The first-order chi connectivity index (χ1) is 4.74. The summed E-state index contributed by atoms with van der Waals surface area (Å²) in [5.41, 5.74) is 6.52. The summed E-state index contributed by atoms with van der Waals surface area (Å²) in [5.74, 6) is 0.584. The van der Waals surface area contributed by atoms with E-state index < -0.39 is 0 Å². The number of aliphatic imine (C=N–C) groups is 1. The van der Waals surface area contributed by atoms with E-state index >= 15 is 0 Å². The predicted octanol–water partition coefficient (Wildman–Crippen LogP) is 0.360. The molecular formula is C7H11N3. The summed E-state index contributed by atoms with van der Waals surface area (Å²) in [6.07, 6.45) is 3.87. The van der Waals surface area contributed by atoms with E-state index in [0.29, 0.717) is 5.84 Å². The molecular weight excluding hydrogens is 126 g/mol. The van der Waals surface area contributed by atoms with Crippen molar-refractivity contribution in [2.45, 2.75) is 0 Å². The molecule has 1 rings (SSSR count). The number of hydrogen-bond acceptors (Lipinski definition) is 1. The van der Waals surface area contributed by atoms with Crippen molar-refractivity contribution in [3.63, 3.8) is 0 Å². The summed E-state index contributed by atoms with van der Waals surface area (Å²) in [4.78, 5) is 3.85. The Morgan fingerprint density at radius 1 is 1.70 bits per heavy atom. The van der Waals surface area contributed by atoms with Gasteiger partial charge in [0.05, 0.1) is 0 Å². The van der Waals surface area contributed by atoms with Gasteiger partial charge < -0.3 is 10.3 Å². The number of nitrogens with two attached hydrogens (primary N) is 1. The summed E-state index contributed by atoms with van der Waals surface area (Å²) >= 11 is 0. The zero-order valence-corrected chi connectivity index (χ0v) is 6.20. The van der Waals surface area contributed by atoms with Gasteiger partial charge in [0.2, 0.25) is 0 Å². The molecule has 0 spiro atoms. The number of rotatable bonds is 1. The highest BCUT2D eigenvalue weighted by Crippen LogP contribution is 1.97. The van der Waals surface area contributed by atoms with Gasteiger partial charge in [-0.1, -0.05) is 0 Å². The van der Waals surface area contributed by atoms with Crippen molar-refractivity contribution in [3.05, 3.63) is 24.0 Å². The normalized spacial score (nSPS) is 12.0. The Kier molecular flexibility index (Phi) is 1.76. The second kappa shape index (κ2) is 2.56. The molecule has 1 aromatic rings. The van der Waals surface area contributed by atoms with E-state index in [2.05, 4.69) is 4.99 Å². The average molecular weight is 137 g/mol. The molecule has 0 aliphatic carbocycles. The third kappa shape index (κ3) is 1.18. The molecule has 54 valence electrons. The van der Waals surface area contributed by atoms with Crippen LogP contribution in [-0.2, 0) is 7.05 Å². The maximum Gasteiger partial charge on any atom is 0.126 e. The Morgan fingerprint density at radius 3 is 2.80 bits per heavy atom. The van der Waals surface area contributed by atoms with Crippen LogP contribution in [0.1, 0.15) is 5.56 Å². The van der Waals surface area contributed by atoms with E-state index in [0.717, 1.165) is 5.56 Å². The predicted molar refractivity (Wildman–Crippen MR) is 42.1 cm³/mol. The van der Waals surface area contributed by atoms with Crippen LogP contribution in [0.5, 0.6) is 0 Å². The summed E-state index contributed by atoms with van der Waals surface area (Å²) < 4.78 is 1.94. The highest BCUT2D eigenvalue weighted by Gasteiger charge is 1.95. The third-order valence-electron chi connectivity index (χ3n) is 1.37. The van der Waals surface area contributed by atoms with Crippen LogP contribution in [-0.4, -0.2) is 17.5 Å². The molecule has 0 aromatic carbocycles. The molecule has 0 saturated carbocycles. The largest absolute Gasteiger partial charge is 0.383 e. The molecule has 10 heavy (non-hydrogen) atoms. The van der Waals surface area contributed by atoms with Crippen molar-refractivity contribution >= 4 is 5.84 Å². The van der Waals surface area contributed by atoms with Crippen molar-refractivity contribution in [1.82, 2.24) is 4.57 Å². The number of hydrogen-bond donors (Lipinski definition) is 1. The third-order valence-corrected chi connectivity index (χ3v) is 1.37. The topological polar surface area (TPSA) is 43.3 Å². The van der Waals surface area contributed by atoms with Crippen molar-refractivity contribution in [2.75, 3.05) is 7.05 Å². The minimum atomic E-state index is 0.584. The molecule has 0 saturated heterocycles. The zero-order chi connectivity index (χ0) is 7.56. The monoisotopic (exact) mass is 137 g/mol. The molecule has 0 amide bonds. The Bertz CT molecular complexity index is 247. The lowest BCUT2D eigenvalue weighted by molar-refractivity contribution is 0.927. The molecule has 0 fully saturated rings. The summed E-state index contributed by atoms with van der Waals surface area (Å²) in [7, 11) is 3.63. The lowest BCUT2D eigenvalue weighted by Crippen LogP contribution is -2.11. The minimum absolute atomic E-state index is 0.584. The Hall–Kier alpha value is -1.25. The van der Waals surface area contributed by atoms with Gasteiger partial charge in [-0.05, 0) is 6.07 Å². The van der Waals surface area contributed by atoms with E-state index in [1.807, 2.05) is 30.1 Å². The first-order valence-corrected chi connectivity index (χ1v) is 3.08. The summed E-state index contributed by atoms with van der Waals surface area (Å²) in [6, 6.07) is 1.93. The quantitative estimate of drug-likeness (QED) is 0.441. The van der Waals surface area contributed by atoms with Crippen LogP contribution in [0.15, 0.2) is 23.5 Å². The molecule has 2 N–H and O–H groups in total. The molecule has 0 atom stereocenters. The summed E-state index contributed by atoms with van der Waals surface area (Å²) in [6.45, 7) is 0. The van der Waals surface area contributed by atoms with Crippen LogP contribution in [0.25, 0.3) is 0 Å². The van der Waals surface area contributed by atoms with Crippen LogP contribution in [0.3, 0.4) is 0 Å². The van der Waals surface area contributed by atoms with E-state index in [1.54, 1.807) is 7.05 Å². The number of aromatic nitrogens is 1. The van der Waals surface area contributed by atoms with Gasteiger partial charge in [0.25, 0.3) is 0 Å². The first kappa shape index (κ1) is 6.86. The fourth-order valence-corrected chi connectivity index (χ4v) is 0.784. The minimum Gasteiger partial charge on any atom is -0.383 e. The highest BCUT2D eigenvalue weighted by atomic mass is 14.9. The lowest BCUT2D eigenvalue weighted by Gasteiger charge is -1.91. The van der Waals surface area contributed by atoms with Gasteiger partial charge in [0, 0.05) is 32.1 Å². The highest BCUT2D eigenvalue weighted by molar-refractivity contribution is 5.97. The fourth-order valence-electron chi connectivity index (χ4n) is 0.784. The lowest BCUT2D eigenvalue weighted by atomic mass is 10.3. The van der Waals surface area contributed by atoms with Crippen LogP contribution >= 0.6 is 0 Å². The summed E-state index contributed by atoms with van der Waals surface area (Å²) in [5, 5.41) is 0. The van der Waals surface area contributed by atoms with E-state index in [9.17, 15) is 0 Å². The second-order valence-electron chi connectivity index (χ2n) is 2.17. The Labute approximate surface area is 60.2 Å². The van der Waals surface area contributed by atoms with Gasteiger partial charge in [-0.3, -0.25) is 4.99 Å². The smallest absolute Gasteiger partial charge is 0.126 e. The van der Waals surface area contributed by atoms with Gasteiger partial charge in [-0.2, -0.15) is 0 Å². The number of aryl methyl sites for hydroxylation is 1. The average Bonchev–Trinajstić information content (AvgIpc) is 2.34. The van der Waals surface area contributed by atoms with Crippen LogP contribution in [0.2, 0.25) is 0 Å². The van der Waals surface area contributed by atoms with Gasteiger partial charge in [-0.15, -0.1) is 0 Å². The maximum atomic E-state index is 5.54. The Balaban J connectivity index is 2.95. The van der Waals surface area contributed by atoms with Gasteiger partial charge in [0.1, 0.15) is 5.84 Å². The van der Waals surface area contributed by atoms with Crippen molar-refractivity contribution in [3.8, 4) is 0 Å². The van der Waals surface area contributed by atoms with E-state index in [1.165, 1.54) is 0 Å². The van der Waals surface area contributed by atoms with Crippen LogP contribution in [0, 0.1) is 0 Å². The molecule has 0 unspecified atom stereocenters. The zero-order valence-electron chi connectivity index (χ0n) is 6.20. The number of nitrogens with zero attached hydrogens (tertiary/aromatic N) is 2. The first-order valence-electron chi connectivity index (χ1n) is 3.08. The van der Waals surface area contributed by atoms with Crippen LogP contribution in [0.4, 0.5) is 0 Å². The van der Waals surface area contributed by atoms with E-state index in [4.69, 9.17) is 5.73 Å². The van der Waals surface area contributed by atoms with Gasteiger partial charge in [-0.25, -0.2) is 0 Å².